The van der Waals surface area contributed by atoms with Gasteiger partial charge in [0, 0.05) is 17.8 Å². The molecule has 0 amide bonds. The van der Waals surface area contributed by atoms with Crippen LogP contribution in [-0.2, 0) is 0 Å². The van der Waals surface area contributed by atoms with Gasteiger partial charge >= 0.3 is 0 Å². The van der Waals surface area contributed by atoms with Gasteiger partial charge in [0.15, 0.2) is 0 Å². The standard InChI is InChI=1S/C12H19N3S/c1-3-4-5-9(2)15-11-8-14-7-6-10(11)12(13)16/h6-9,15H,3-5H2,1-2H3,(H2,13,16). The smallest absolute Gasteiger partial charge is 0.106 e. The van der Waals surface area contributed by atoms with Crippen molar-refractivity contribution in [3.8, 4) is 0 Å². The highest BCUT2D eigenvalue weighted by atomic mass is 32.1. The number of rotatable bonds is 6. The van der Waals surface area contributed by atoms with Gasteiger partial charge < -0.3 is 11.1 Å². The largest absolute Gasteiger partial charge is 0.389 e. The number of aromatic nitrogens is 1. The first-order valence-electron chi connectivity index (χ1n) is 5.65. The summed E-state index contributed by atoms with van der Waals surface area (Å²) in [6.45, 7) is 4.35. The summed E-state index contributed by atoms with van der Waals surface area (Å²) in [5, 5.41) is 3.40. The van der Waals surface area contributed by atoms with Crippen molar-refractivity contribution >= 4 is 22.9 Å². The first-order chi connectivity index (χ1) is 7.65. The summed E-state index contributed by atoms with van der Waals surface area (Å²) in [6.07, 6.45) is 7.05. The Bertz CT molecular complexity index is 352. The van der Waals surface area contributed by atoms with Gasteiger partial charge in [-0.1, -0.05) is 32.0 Å². The number of hydrogen-bond donors (Lipinski definition) is 2. The third kappa shape index (κ3) is 3.77. The molecule has 0 aliphatic heterocycles. The Labute approximate surface area is 102 Å². The molecule has 4 heteroatoms. The van der Waals surface area contributed by atoms with Crippen LogP contribution in [0.15, 0.2) is 18.5 Å². The molecule has 0 aliphatic carbocycles. The van der Waals surface area contributed by atoms with E-state index in [0.29, 0.717) is 11.0 Å². The molecule has 16 heavy (non-hydrogen) atoms. The predicted octanol–water partition coefficient (Wildman–Crippen LogP) is 2.71. The first-order valence-corrected chi connectivity index (χ1v) is 6.06. The Morgan fingerprint density at radius 2 is 2.38 bits per heavy atom. The summed E-state index contributed by atoms with van der Waals surface area (Å²) in [7, 11) is 0. The monoisotopic (exact) mass is 237 g/mol. The lowest BCUT2D eigenvalue weighted by Gasteiger charge is -2.16. The number of hydrogen-bond acceptors (Lipinski definition) is 3. The molecule has 1 heterocycles. The molecule has 0 fully saturated rings. The maximum Gasteiger partial charge on any atom is 0.106 e. The molecule has 88 valence electrons. The van der Waals surface area contributed by atoms with Crippen LogP contribution in [0.4, 0.5) is 5.69 Å². The fraction of sp³-hybridized carbons (Fsp3) is 0.500. The zero-order chi connectivity index (χ0) is 12.0. The van der Waals surface area contributed by atoms with E-state index in [4.69, 9.17) is 18.0 Å². The predicted molar refractivity (Wildman–Crippen MR) is 72.7 cm³/mol. The highest BCUT2D eigenvalue weighted by Gasteiger charge is 2.07. The molecule has 0 saturated heterocycles. The minimum atomic E-state index is 0.410. The number of nitrogens with zero attached hydrogens (tertiary/aromatic N) is 1. The van der Waals surface area contributed by atoms with E-state index >= 15 is 0 Å². The third-order valence-corrected chi connectivity index (χ3v) is 2.70. The molecule has 0 radical (unpaired) electrons. The lowest BCUT2D eigenvalue weighted by Crippen LogP contribution is -2.19. The van der Waals surface area contributed by atoms with Crippen LogP contribution in [0.3, 0.4) is 0 Å². The van der Waals surface area contributed by atoms with Crippen molar-refractivity contribution in [2.75, 3.05) is 5.32 Å². The molecule has 1 aromatic heterocycles. The van der Waals surface area contributed by atoms with Crippen molar-refractivity contribution < 1.29 is 0 Å². The van der Waals surface area contributed by atoms with Gasteiger partial charge in [-0.25, -0.2) is 0 Å². The second-order valence-corrected chi connectivity index (χ2v) is 4.41. The highest BCUT2D eigenvalue weighted by Crippen LogP contribution is 2.16. The number of thiocarbonyl (C=S) groups is 1. The number of anilines is 1. The van der Waals surface area contributed by atoms with E-state index < -0.39 is 0 Å². The third-order valence-electron chi connectivity index (χ3n) is 2.48. The summed E-state index contributed by atoms with van der Waals surface area (Å²) in [4.78, 5) is 4.49. The van der Waals surface area contributed by atoms with Gasteiger partial charge in [0.25, 0.3) is 0 Å². The van der Waals surface area contributed by atoms with Gasteiger partial charge in [-0.3, -0.25) is 4.98 Å². The van der Waals surface area contributed by atoms with E-state index in [-0.39, 0.29) is 0 Å². The Kier molecular flexibility index (Phi) is 5.19. The molecule has 0 saturated carbocycles. The molecule has 1 atom stereocenters. The Morgan fingerprint density at radius 1 is 1.62 bits per heavy atom. The quantitative estimate of drug-likeness (QED) is 0.747. The van der Waals surface area contributed by atoms with E-state index in [1.54, 1.807) is 12.4 Å². The maximum atomic E-state index is 5.65. The summed E-state index contributed by atoms with van der Waals surface area (Å²) in [5.41, 5.74) is 7.45. The Morgan fingerprint density at radius 3 is 3.00 bits per heavy atom. The number of unbranched alkanes of at least 4 members (excludes halogenated alkanes) is 1. The lowest BCUT2D eigenvalue weighted by atomic mass is 10.1. The Hall–Kier alpha value is -1.16. The maximum absolute atomic E-state index is 5.65. The number of pyridine rings is 1. The van der Waals surface area contributed by atoms with Crippen LogP contribution in [0.25, 0.3) is 0 Å². The zero-order valence-corrected chi connectivity index (χ0v) is 10.7. The molecule has 3 N–H and O–H groups in total. The van der Waals surface area contributed by atoms with Crippen LogP contribution in [0.1, 0.15) is 38.7 Å². The van der Waals surface area contributed by atoms with Crippen molar-refractivity contribution in [3.05, 3.63) is 24.0 Å². The van der Waals surface area contributed by atoms with Crippen molar-refractivity contribution in [2.45, 2.75) is 39.2 Å². The topological polar surface area (TPSA) is 50.9 Å². The van der Waals surface area contributed by atoms with Crippen LogP contribution in [0.5, 0.6) is 0 Å². The average molecular weight is 237 g/mol. The van der Waals surface area contributed by atoms with E-state index in [1.807, 2.05) is 6.07 Å². The van der Waals surface area contributed by atoms with E-state index in [9.17, 15) is 0 Å². The molecule has 1 unspecified atom stereocenters. The van der Waals surface area contributed by atoms with Gasteiger partial charge in [-0.05, 0) is 19.4 Å². The first kappa shape index (κ1) is 12.9. The van der Waals surface area contributed by atoms with Crippen molar-refractivity contribution in [1.82, 2.24) is 4.98 Å². The number of nitrogens with two attached hydrogens (primary N) is 1. The van der Waals surface area contributed by atoms with Gasteiger partial charge in [-0.2, -0.15) is 0 Å². The summed E-state index contributed by atoms with van der Waals surface area (Å²) in [6, 6.07) is 2.26. The van der Waals surface area contributed by atoms with Gasteiger partial charge in [0.05, 0.1) is 11.9 Å². The second kappa shape index (κ2) is 6.43. The van der Waals surface area contributed by atoms with Crippen LogP contribution in [0, 0.1) is 0 Å². The fourth-order valence-electron chi connectivity index (χ4n) is 1.57. The van der Waals surface area contributed by atoms with Crippen molar-refractivity contribution in [3.63, 3.8) is 0 Å². The molecule has 3 nitrogen and oxygen atoms in total. The minimum absolute atomic E-state index is 0.410. The fourth-order valence-corrected chi connectivity index (χ4v) is 1.75. The summed E-state index contributed by atoms with van der Waals surface area (Å²) >= 11 is 5.00. The van der Waals surface area contributed by atoms with Crippen molar-refractivity contribution in [2.24, 2.45) is 5.73 Å². The molecular weight excluding hydrogens is 218 g/mol. The molecular formula is C12H19N3S. The molecule has 0 spiro atoms. The highest BCUT2D eigenvalue weighted by molar-refractivity contribution is 7.80. The normalized spacial score (nSPS) is 12.1. The second-order valence-electron chi connectivity index (χ2n) is 3.97. The van der Waals surface area contributed by atoms with E-state index in [2.05, 4.69) is 24.1 Å². The Balaban J connectivity index is 2.69. The lowest BCUT2D eigenvalue weighted by molar-refractivity contribution is 0.645. The molecule has 0 aliphatic rings. The van der Waals surface area contributed by atoms with Crippen LogP contribution in [0.2, 0.25) is 0 Å². The average Bonchev–Trinajstić information content (AvgIpc) is 2.27. The molecule has 0 aromatic carbocycles. The van der Waals surface area contributed by atoms with Crippen LogP contribution in [-0.4, -0.2) is 16.0 Å². The van der Waals surface area contributed by atoms with Gasteiger partial charge in [-0.15, -0.1) is 0 Å². The van der Waals surface area contributed by atoms with Crippen molar-refractivity contribution in [1.29, 1.82) is 0 Å². The van der Waals surface area contributed by atoms with Crippen LogP contribution < -0.4 is 11.1 Å². The summed E-state index contributed by atoms with van der Waals surface area (Å²) in [5.74, 6) is 0. The zero-order valence-electron chi connectivity index (χ0n) is 9.86. The minimum Gasteiger partial charge on any atom is -0.389 e. The van der Waals surface area contributed by atoms with E-state index in [0.717, 1.165) is 17.7 Å². The summed E-state index contributed by atoms with van der Waals surface area (Å²) < 4.78 is 0. The SMILES string of the molecule is CCCCC(C)Nc1cnccc1C(N)=S. The van der Waals surface area contributed by atoms with E-state index in [1.165, 1.54) is 12.8 Å². The molecule has 1 aromatic rings. The van der Waals surface area contributed by atoms with Gasteiger partial charge in [0.1, 0.15) is 4.99 Å². The molecule has 1 rings (SSSR count). The van der Waals surface area contributed by atoms with Crippen LogP contribution >= 0.6 is 12.2 Å². The molecule has 0 bridgehead atoms. The number of nitrogens with one attached hydrogen (secondary N) is 1. The van der Waals surface area contributed by atoms with Gasteiger partial charge in [0.2, 0.25) is 0 Å².